The topological polar surface area (TPSA) is 58.2 Å². The highest BCUT2D eigenvalue weighted by molar-refractivity contribution is 8.00. The maximum absolute atomic E-state index is 12.5. The molecule has 2 amide bonds. The zero-order valence-electron chi connectivity index (χ0n) is 12.7. The Morgan fingerprint density at radius 3 is 2.71 bits per heavy atom. The first-order chi connectivity index (χ1) is 11.7. The van der Waals surface area contributed by atoms with E-state index in [9.17, 15) is 9.59 Å². The van der Waals surface area contributed by atoms with Crippen LogP contribution in [0.25, 0.3) is 10.8 Å². The van der Waals surface area contributed by atoms with Gasteiger partial charge in [0.2, 0.25) is 5.91 Å². The molecule has 1 aliphatic heterocycles. The van der Waals surface area contributed by atoms with E-state index in [-0.39, 0.29) is 11.8 Å². The lowest BCUT2D eigenvalue weighted by atomic mass is 10.1. The third-order valence-corrected chi connectivity index (χ3v) is 4.96. The number of anilines is 2. The van der Waals surface area contributed by atoms with Crippen molar-refractivity contribution >= 4 is 45.7 Å². The molecule has 4 nitrogen and oxygen atoms in total. The average molecular weight is 334 g/mol. The van der Waals surface area contributed by atoms with E-state index in [1.165, 1.54) is 11.8 Å². The first-order valence-electron chi connectivity index (χ1n) is 7.56. The minimum absolute atomic E-state index is 0.0420. The number of hydrogen-bond donors (Lipinski definition) is 2. The standard InChI is InChI=1S/C19H14N2O2S/c22-18-11-24-17-8-6-14(10-16(17)21-18)19(23)20-15-7-5-12-3-1-2-4-13(12)9-15/h1-10H,11H2,(H,20,23)(H,21,22). The van der Waals surface area contributed by atoms with Crippen molar-refractivity contribution in [3.8, 4) is 0 Å². The van der Waals surface area contributed by atoms with E-state index in [1.807, 2.05) is 48.5 Å². The predicted octanol–water partition coefficient (Wildman–Crippen LogP) is 4.14. The van der Waals surface area contributed by atoms with E-state index in [0.29, 0.717) is 17.0 Å². The number of carbonyl (C=O) groups excluding carboxylic acids is 2. The summed E-state index contributed by atoms with van der Waals surface area (Å²) in [6, 6.07) is 19.2. The van der Waals surface area contributed by atoms with Crippen LogP contribution in [0.1, 0.15) is 10.4 Å². The molecule has 0 atom stereocenters. The lowest BCUT2D eigenvalue weighted by Crippen LogP contribution is -2.19. The Morgan fingerprint density at radius 1 is 1.00 bits per heavy atom. The van der Waals surface area contributed by atoms with Gasteiger partial charge in [0.05, 0.1) is 11.4 Å². The summed E-state index contributed by atoms with van der Waals surface area (Å²) in [6.45, 7) is 0. The Labute approximate surface area is 143 Å². The number of thioether (sulfide) groups is 1. The molecule has 5 heteroatoms. The van der Waals surface area contributed by atoms with E-state index >= 15 is 0 Å². The second-order valence-electron chi connectivity index (χ2n) is 5.56. The summed E-state index contributed by atoms with van der Waals surface area (Å²) in [7, 11) is 0. The van der Waals surface area contributed by atoms with Crippen LogP contribution in [0.2, 0.25) is 0 Å². The number of nitrogens with one attached hydrogen (secondary N) is 2. The molecule has 1 heterocycles. The van der Waals surface area contributed by atoms with Crippen LogP contribution in [0.5, 0.6) is 0 Å². The van der Waals surface area contributed by atoms with Gasteiger partial charge in [0, 0.05) is 16.1 Å². The maximum atomic E-state index is 12.5. The van der Waals surface area contributed by atoms with Gasteiger partial charge in [0.15, 0.2) is 0 Å². The summed E-state index contributed by atoms with van der Waals surface area (Å²) in [5.74, 6) is 0.174. The Morgan fingerprint density at radius 2 is 1.83 bits per heavy atom. The SMILES string of the molecule is O=C1CSc2ccc(C(=O)Nc3ccc4ccccc4c3)cc2N1. The number of benzene rings is 3. The zero-order valence-corrected chi connectivity index (χ0v) is 13.5. The van der Waals surface area contributed by atoms with E-state index in [2.05, 4.69) is 10.6 Å². The van der Waals surface area contributed by atoms with Crippen molar-refractivity contribution < 1.29 is 9.59 Å². The Bertz CT molecular complexity index is 968. The summed E-state index contributed by atoms with van der Waals surface area (Å²) < 4.78 is 0. The molecule has 0 radical (unpaired) electrons. The molecule has 0 aromatic heterocycles. The van der Waals surface area contributed by atoms with Gasteiger partial charge in [-0.25, -0.2) is 0 Å². The molecule has 0 saturated heterocycles. The molecule has 3 aromatic carbocycles. The maximum Gasteiger partial charge on any atom is 0.255 e. The van der Waals surface area contributed by atoms with Crippen molar-refractivity contribution in [1.29, 1.82) is 0 Å². The quantitative estimate of drug-likeness (QED) is 0.740. The van der Waals surface area contributed by atoms with Gasteiger partial charge in [-0.3, -0.25) is 9.59 Å². The Hall–Kier alpha value is -2.79. The van der Waals surface area contributed by atoms with Crippen molar-refractivity contribution in [3.05, 3.63) is 66.2 Å². The Balaban J connectivity index is 1.59. The molecule has 0 fully saturated rings. The molecule has 0 unspecified atom stereocenters. The average Bonchev–Trinajstić information content (AvgIpc) is 2.61. The summed E-state index contributed by atoms with van der Waals surface area (Å²) in [5, 5.41) is 7.92. The molecule has 0 saturated carbocycles. The zero-order chi connectivity index (χ0) is 16.5. The van der Waals surface area contributed by atoms with Crippen LogP contribution in [0, 0.1) is 0 Å². The van der Waals surface area contributed by atoms with Gasteiger partial charge in [-0.2, -0.15) is 0 Å². The van der Waals surface area contributed by atoms with Gasteiger partial charge in [0.25, 0.3) is 5.91 Å². The van der Waals surface area contributed by atoms with Gasteiger partial charge in [-0.1, -0.05) is 30.3 Å². The van der Waals surface area contributed by atoms with Gasteiger partial charge >= 0.3 is 0 Å². The van der Waals surface area contributed by atoms with Crippen molar-refractivity contribution in [3.63, 3.8) is 0 Å². The fraction of sp³-hybridized carbons (Fsp3) is 0.0526. The second kappa shape index (κ2) is 6.02. The van der Waals surface area contributed by atoms with Crippen molar-refractivity contribution in [2.24, 2.45) is 0 Å². The highest BCUT2D eigenvalue weighted by Gasteiger charge is 2.17. The number of rotatable bonds is 2. The van der Waals surface area contributed by atoms with Crippen LogP contribution in [0.3, 0.4) is 0 Å². The number of fused-ring (bicyclic) bond motifs is 2. The van der Waals surface area contributed by atoms with Crippen molar-refractivity contribution in [2.45, 2.75) is 4.90 Å². The molecule has 4 rings (SSSR count). The van der Waals surface area contributed by atoms with E-state index in [4.69, 9.17) is 0 Å². The van der Waals surface area contributed by atoms with Crippen LogP contribution in [0.15, 0.2) is 65.6 Å². The van der Waals surface area contributed by atoms with Gasteiger partial charge in [-0.15, -0.1) is 11.8 Å². The summed E-state index contributed by atoms with van der Waals surface area (Å²) in [4.78, 5) is 25.0. The molecule has 24 heavy (non-hydrogen) atoms. The summed E-state index contributed by atoms with van der Waals surface area (Å²) >= 11 is 1.48. The molecule has 0 bridgehead atoms. The fourth-order valence-electron chi connectivity index (χ4n) is 2.69. The van der Waals surface area contributed by atoms with Crippen molar-refractivity contribution in [1.82, 2.24) is 0 Å². The van der Waals surface area contributed by atoms with Gasteiger partial charge < -0.3 is 10.6 Å². The molecule has 2 N–H and O–H groups in total. The van der Waals surface area contributed by atoms with Crippen LogP contribution >= 0.6 is 11.8 Å². The third kappa shape index (κ3) is 2.86. The van der Waals surface area contributed by atoms with Crippen LogP contribution in [0.4, 0.5) is 11.4 Å². The molecule has 3 aromatic rings. The molecular weight excluding hydrogens is 320 g/mol. The second-order valence-corrected chi connectivity index (χ2v) is 6.58. The normalized spacial score (nSPS) is 13.2. The van der Waals surface area contributed by atoms with Gasteiger partial charge in [0.1, 0.15) is 0 Å². The number of hydrogen-bond acceptors (Lipinski definition) is 3. The smallest absolute Gasteiger partial charge is 0.255 e. The molecule has 1 aliphatic rings. The van der Waals surface area contributed by atoms with Crippen LogP contribution in [-0.2, 0) is 4.79 Å². The highest BCUT2D eigenvalue weighted by atomic mass is 32.2. The van der Waals surface area contributed by atoms with E-state index in [0.717, 1.165) is 21.4 Å². The summed E-state index contributed by atoms with van der Waals surface area (Å²) in [6.07, 6.45) is 0. The van der Waals surface area contributed by atoms with Crippen molar-refractivity contribution in [2.75, 3.05) is 16.4 Å². The van der Waals surface area contributed by atoms with E-state index < -0.39 is 0 Å². The predicted molar refractivity (Wildman–Crippen MR) is 97.7 cm³/mol. The van der Waals surface area contributed by atoms with Crippen LogP contribution in [-0.4, -0.2) is 17.6 Å². The first-order valence-corrected chi connectivity index (χ1v) is 8.54. The molecular formula is C19H14N2O2S. The number of carbonyl (C=O) groups is 2. The van der Waals surface area contributed by atoms with Gasteiger partial charge in [-0.05, 0) is 41.1 Å². The highest BCUT2D eigenvalue weighted by Crippen LogP contribution is 2.32. The van der Waals surface area contributed by atoms with Crippen LogP contribution < -0.4 is 10.6 Å². The lowest BCUT2D eigenvalue weighted by molar-refractivity contribution is -0.113. The summed E-state index contributed by atoms with van der Waals surface area (Å²) in [5.41, 5.74) is 1.96. The first kappa shape index (κ1) is 14.8. The largest absolute Gasteiger partial charge is 0.324 e. The number of amides is 2. The third-order valence-electron chi connectivity index (χ3n) is 3.88. The van der Waals surface area contributed by atoms with E-state index in [1.54, 1.807) is 12.1 Å². The Kier molecular flexibility index (Phi) is 3.70. The minimum atomic E-state index is -0.196. The molecule has 0 spiro atoms. The lowest BCUT2D eigenvalue weighted by Gasteiger charge is -2.17. The molecule has 0 aliphatic carbocycles. The monoisotopic (exact) mass is 334 g/mol. The fourth-order valence-corrected chi connectivity index (χ4v) is 3.48. The minimum Gasteiger partial charge on any atom is -0.324 e. The molecule has 118 valence electrons.